The van der Waals surface area contributed by atoms with Crippen LogP contribution in [0.1, 0.15) is 32.8 Å². The molecule has 3 unspecified atom stereocenters. The van der Waals surface area contributed by atoms with E-state index in [2.05, 4.69) is 24.1 Å². The molecule has 1 aromatic rings. The van der Waals surface area contributed by atoms with Crippen molar-refractivity contribution in [1.29, 1.82) is 0 Å². The summed E-state index contributed by atoms with van der Waals surface area (Å²) >= 11 is 0. The smallest absolute Gasteiger partial charge is 0.237 e. The highest BCUT2D eigenvalue weighted by Gasteiger charge is 2.28. The SMILES string of the molecule is COc1ccc(CCNC(=O)C(C)N2CC(C)CC(C)C2)cc1. The number of likely N-dealkylation sites (tertiary alicyclic amines) is 1. The maximum absolute atomic E-state index is 12.4. The molecule has 1 amide bonds. The second-order valence-corrected chi connectivity index (χ2v) is 6.97. The van der Waals surface area contributed by atoms with Crippen LogP contribution in [0.15, 0.2) is 24.3 Å². The van der Waals surface area contributed by atoms with E-state index in [1.807, 2.05) is 31.2 Å². The Morgan fingerprint density at radius 2 is 1.87 bits per heavy atom. The van der Waals surface area contributed by atoms with Gasteiger partial charge in [-0.2, -0.15) is 0 Å². The van der Waals surface area contributed by atoms with Crippen LogP contribution in [0, 0.1) is 11.8 Å². The predicted molar refractivity (Wildman–Crippen MR) is 93.7 cm³/mol. The summed E-state index contributed by atoms with van der Waals surface area (Å²) in [6.45, 7) is 9.30. The second-order valence-electron chi connectivity index (χ2n) is 6.97. The van der Waals surface area contributed by atoms with E-state index < -0.39 is 0 Å². The molecule has 3 atom stereocenters. The molecule has 128 valence electrons. The van der Waals surface area contributed by atoms with E-state index in [1.54, 1.807) is 7.11 Å². The molecular weight excluding hydrogens is 288 g/mol. The van der Waals surface area contributed by atoms with E-state index in [0.717, 1.165) is 25.3 Å². The molecule has 0 bridgehead atoms. The molecule has 1 saturated heterocycles. The van der Waals surface area contributed by atoms with Crippen molar-refractivity contribution in [3.05, 3.63) is 29.8 Å². The molecule has 4 heteroatoms. The van der Waals surface area contributed by atoms with Gasteiger partial charge < -0.3 is 10.1 Å². The first kappa shape index (κ1) is 17.8. The molecular formula is C19H30N2O2. The Hall–Kier alpha value is -1.55. The van der Waals surface area contributed by atoms with Gasteiger partial charge in [0.1, 0.15) is 5.75 Å². The summed E-state index contributed by atoms with van der Waals surface area (Å²) in [5.74, 6) is 2.35. The molecule has 1 aliphatic rings. The van der Waals surface area contributed by atoms with Crippen LogP contribution in [-0.4, -0.2) is 43.6 Å². The third kappa shape index (κ3) is 5.24. The van der Waals surface area contributed by atoms with E-state index >= 15 is 0 Å². The van der Waals surface area contributed by atoms with Crippen molar-refractivity contribution in [3.8, 4) is 5.75 Å². The molecule has 0 aromatic heterocycles. The highest BCUT2D eigenvalue weighted by Crippen LogP contribution is 2.22. The molecule has 0 saturated carbocycles. The van der Waals surface area contributed by atoms with Crippen molar-refractivity contribution in [2.45, 2.75) is 39.7 Å². The molecule has 1 aliphatic heterocycles. The van der Waals surface area contributed by atoms with Gasteiger partial charge in [-0.15, -0.1) is 0 Å². The van der Waals surface area contributed by atoms with E-state index in [0.29, 0.717) is 18.4 Å². The lowest BCUT2D eigenvalue weighted by molar-refractivity contribution is -0.126. The fraction of sp³-hybridized carbons (Fsp3) is 0.632. The molecule has 2 rings (SSSR count). The van der Waals surface area contributed by atoms with Crippen LogP contribution in [0.5, 0.6) is 5.75 Å². The number of carbonyl (C=O) groups is 1. The van der Waals surface area contributed by atoms with Crippen LogP contribution < -0.4 is 10.1 Å². The minimum atomic E-state index is -0.0453. The van der Waals surface area contributed by atoms with Gasteiger partial charge in [-0.1, -0.05) is 26.0 Å². The molecule has 0 spiro atoms. The lowest BCUT2D eigenvalue weighted by Crippen LogP contribution is -2.50. The van der Waals surface area contributed by atoms with Gasteiger partial charge in [-0.25, -0.2) is 0 Å². The minimum absolute atomic E-state index is 0.0453. The van der Waals surface area contributed by atoms with Gasteiger partial charge in [0.05, 0.1) is 13.2 Å². The van der Waals surface area contributed by atoms with Crippen molar-refractivity contribution >= 4 is 5.91 Å². The number of rotatable bonds is 6. The first-order chi connectivity index (χ1) is 11.0. The number of hydrogen-bond donors (Lipinski definition) is 1. The summed E-state index contributed by atoms with van der Waals surface area (Å²) in [5, 5.41) is 3.07. The molecule has 1 aromatic carbocycles. The highest BCUT2D eigenvalue weighted by atomic mass is 16.5. The molecule has 23 heavy (non-hydrogen) atoms. The van der Waals surface area contributed by atoms with E-state index in [1.165, 1.54) is 12.0 Å². The van der Waals surface area contributed by atoms with Crippen molar-refractivity contribution < 1.29 is 9.53 Å². The predicted octanol–water partition coefficient (Wildman–Crippen LogP) is 2.72. The zero-order valence-corrected chi connectivity index (χ0v) is 14.8. The van der Waals surface area contributed by atoms with Gasteiger partial charge in [0.15, 0.2) is 0 Å². The quantitative estimate of drug-likeness (QED) is 0.877. The van der Waals surface area contributed by atoms with Crippen LogP contribution in [-0.2, 0) is 11.2 Å². The van der Waals surface area contributed by atoms with Gasteiger partial charge in [0.25, 0.3) is 0 Å². The fourth-order valence-electron chi connectivity index (χ4n) is 3.46. The number of nitrogens with one attached hydrogen (secondary N) is 1. The Bertz CT molecular complexity index is 491. The molecule has 1 fully saturated rings. The van der Waals surface area contributed by atoms with Crippen molar-refractivity contribution in [2.75, 3.05) is 26.7 Å². The summed E-state index contributed by atoms with van der Waals surface area (Å²) in [4.78, 5) is 14.7. The lowest BCUT2D eigenvalue weighted by atomic mass is 9.91. The van der Waals surface area contributed by atoms with Gasteiger partial charge in [0.2, 0.25) is 5.91 Å². The summed E-state index contributed by atoms with van der Waals surface area (Å²) in [5.41, 5.74) is 1.21. The molecule has 1 N–H and O–H groups in total. The van der Waals surface area contributed by atoms with Crippen LogP contribution in [0.3, 0.4) is 0 Å². The topological polar surface area (TPSA) is 41.6 Å². The monoisotopic (exact) mass is 318 g/mol. The van der Waals surface area contributed by atoms with Crippen molar-refractivity contribution in [1.82, 2.24) is 10.2 Å². The number of piperidine rings is 1. The Balaban J connectivity index is 1.77. The van der Waals surface area contributed by atoms with E-state index in [9.17, 15) is 4.79 Å². The van der Waals surface area contributed by atoms with Crippen LogP contribution in [0.2, 0.25) is 0 Å². The number of carbonyl (C=O) groups excluding carboxylic acids is 1. The Morgan fingerprint density at radius 1 is 1.26 bits per heavy atom. The Kier molecular flexibility index (Phi) is 6.46. The molecule has 4 nitrogen and oxygen atoms in total. The average molecular weight is 318 g/mol. The largest absolute Gasteiger partial charge is 0.497 e. The normalized spacial score (nSPS) is 23.3. The Morgan fingerprint density at radius 3 is 2.43 bits per heavy atom. The summed E-state index contributed by atoms with van der Waals surface area (Å²) < 4.78 is 5.15. The van der Waals surface area contributed by atoms with Crippen LogP contribution >= 0.6 is 0 Å². The summed E-state index contributed by atoms with van der Waals surface area (Å²) in [7, 11) is 1.67. The number of amides is 1. The maximum Gasteiger partial charge on any atom is 0.237 e. The van der Waals surface area contributed by atoms with Crippen molar-refractivity contribution in [2.24, 2.45) is 11.8 Å². The van der Waals surface area contributed by atoms with Gasteiger partial charge in [-0.3, -0.25) is 9.69 Å². The second kappa shape index (κ2) is 8.34. The Labute approximate surface area is 140 Å². The average Bonchev–Trinajstić information content (AvgIpc) is 2.53. The number of ether oxygens (including phenoxy) is 1. The summed E-state index contributed by atoms with van der Waals surface area (Å²) in [6.07, 6.45) is 2.11. The molecule has 0 aliphatic carbocycles. The zero-order chi connectivity index (χ0) is 16.8. The number of nitrogens with zero attached hydrogens (tertiary/aromatic N) is 1. The third-order valence-corrected chi connectivity index (χ3v) is 4.70. The highest BCUT2D eigenvalue weighted by molar-refractivity contribution is 5.81. The lowest BCUT2D eigenvalue weighted by Gasteiger charge is -2.38. The van der Waals surface area contributed by atoms with Crippen molar-refractivity contribution in [3.63, 3.8) is 0 Å². The molecule has 1 heterocycles. The molecule has 0 radical (unpaired) electrons. The third-order valence-electron chi connectivity index (χ3n) is 4.70. The summed E-state index contributed by atoms with van der Waals surface area (Å²) in [6, 6.07) is 7.95. The van der Waals surface area contributed by atoms with Crippen LogP contribution in [0.25, 0.3) is 0 Å². The first-order valence-corrected chi connectivity index (χ1v) is 8.64. The first-order valence-electron chi connectivity index (χ1n) is 8.64. The van der Waals surface area contributed by atoms with Gasteiger partial charge in [0, 0.05) is 19.6 Å². The number of benzene rings is 1. The van der Waals surface area contributed by atoms with Gasteiger partial charge in [-0.05, 0) is 49.3 Å². The van der Waals surface area contributed by atoms with E-state index in [-0.39, 0.29) is 11.9 Å². The number of hydrogen-bond acceptors (Lipinski definition) is 3. The maximum atomic E-state index is 12.4. The van der Waals surface area contributed by atoms with Gasteiger partial charge >= 0.3 is 0 Å². The minimum Gasteiger partial charge on any atom is -0.497 e. The fourth-order valence-corrected chi connectivity index (χ4v) is 3.46. The van der Waals surface area contributed by atoms with E-state index in [4.69, 9.17) is 4.74 Å². The standard InChI is InChI=1S/C19H30N2O2/c1-14-11-15(2)13-21(12-14)16(3)19(22)20-10-9-17-5-7-18(23-4)8-6-17/h5-8,14-16H,9-13H2,1-4H3,(H,20,22). The number of methoxy groups -OCH3 is 1. The van der Waals surface area contributed by atoms with Crippen LogP contribution in [0.4, 0.5) is 0 Å². The zero-order valence-electron chi connectivity index (χ0n) is 14.8.